The van der Waals surface area contributed by atoms with Crippen LogP contribution in [-0.4, -0.2) is 37.5 Å². The van der Waals surface area contributed by atoms with E-state index >= 15 is 0 Å². The molecule has 7 nitrogen and oxygen atoms in total. The van der Waals surface area contributed by atoms with Crippen LogP contribution in [0.25, 0.3) is 0 Å². The van der Waals surface area contributed by atoms with Crippen molar-refractivity contribution in [3.8, 4) is 0 Å². The molecule has 0 unspecified atom stereocenters. The predicted molar refractivity (Wildman–Crippen MR) is 87.6 cm³/mol. The van der Waals surface area contributed by atoms with Crippen LogP contribution in [0.15, 0.2) is 23.4 Å². The summed E-state index contributed by atoms with van der Waals surface area (Å²) in [6.07, 6.45) is 0.0739. The highest BCUT2D eigenvalue weighted by atomic mass is 32.2. The minimum atomic E-state index is -0.924. The third kappa shape index (κ3) is 4.56. The summed E-state index contributed by atoms with van der Waals surface area (Å²) in [5.74, 6) is -0.727. The molecule has 2 N–H and O–H groups in total. The number of aromatic nitrogens is 3. The molecule has 1 heterocycles. The van der Waals surface area contributed by atoms with E-state index in [0.29, 0.717) is 11.0 Å². The maximum Gasteiger partial charge on any atom is 0.313 e. The van der Waals surface area contributed by atoms with Gasteiger partial charge in [0.05, 0.1) is 12.2 Å². The summed E-state index contributed by atoms with van der Waals surface area (Å²) in [4.78, 5) is 22.7. The van der Waals surface area contributed by atoms with Crippen LogP contribution < -0.4 is 5.32 Å². The molecule has 2 rings (SSSR count). The number of thioether (sulfide) groups is 1. The summed E-state index contributed by atoms with van der Waals surface area (Å²) in [5.41, 5.74) is 2.89. The van der Waals surface area contributed by atoms with Gasteiger partial charge in [-0.15, -0.1) is 10.2 Å². The van der Waals surface area contributed by atoms with E-state index in [-0.39, 0.29) is 18.1 Å². The first kappa shape index (κ1) is 17.0. The van der Waals surface area contributed by atoms with Gasteiger partial charge in [-0.3, -0.25) is 9.59 Å². The van der Waals surface area contributed by atoms with Gasteiger partial charge in [-0.1, -0.05) is 29.5 Å². The monoisotopic (exact) mass is 334 g/mol. The standard InChI is InChI=1S/C15H18N4O3S/c1-9-4-5-11(10(2)6-9)16-13(20)7-12-17-18-15(19(12)3)23-8-14(21)22/h4-6H,7-8H2,1-3H3,(H,16,20)(H,21,22). The number of aliphatic carboxylic acids is 1. The fourth-order valence-electron chi connectivity index (χ4n) is 2.04. The number of amides is 1. The first-order valence-corrected chi connectivity index (χ1v) is 7.95. The molecule has 0 aliphatic carbocycles. The van der Waals surface area contributed by atoms with Crippen LogP contribution in [0, 0.1) is 13.8 Å². The van der Waals surface area contributed by atoms with Gasteiger partial charge in [0, 0.05) is 12.7 Å². The summed E-state index contributed by atoms with van der Waals surface area (Å²) in [6, 6.07) is 5.80. The van der Waals surface area contributed by atoms with Crippen LogP contribution in [0.4, 0.5) is 5.69 Å². The Morgan fingerprint density at radius 3 is 2.70 bits per heavy atom. The molecule has 0 spiro atoms. The van der Waals surface area contributed by atoms with E-state index in [9.17, 15) is 9.59 Å². The van der Waals surface area contributed by atoms with E-state index in [1.807, 2.05) is 32.0 Å². The maximum absolute atomic E-state index is 12.2. The Morgan fingerprint density at radius 1 is 1.30 bits per heavy atom. The molecule has 1 aromatic carbocycles. The van der Waals surface area contributed by atoms with Gasteiger partial charge < -0.3 is 15.0 Å². The summed E-state index contributed by atoms with van der Waals surface area (Å²) >= 11 is 1.07. The second-order valence-corrected chi connectivity index (χ2v) is 6.13. The summed E-state index contributed by atoms with van der Waals surface area (Å²) in [5, 5.41) is 19.9. The third-order valence-electron chi connectivity index (χ3n) is 3.22. The number of hydrogen-bond acceptors (Lipinski definition) is 5. The van der Waals surface area contributed by atoms with Crippen molar-refractivity contribution in [2.45, 2.75) is 25.4 Å². The fourth-order valence-corrected chi connectivity index (χ4v) is 2.69. The first-order chi connectivity index (χ1) is 10.9. The van der Waals surface area contributed by atoms with E-state index in [0.717, 1.165) is 28.6 Å². The molecule has 23 heavy (non-hydrogen) atoms. The number of nitrogens with one attached hydrogen (secondary N) is 1. The van der Waals surface area contributed by atoms with Crippen LogP contribution in [0.2, 0.25) is 0 Å². The number of rotatable bonds is 6. The highest BCUT2D eigenvalue weighted by Gasteiger charge is 2.14. The second-order valence-electron chi connectivity index (χ2n) is 5.18. The Balaban J connectivity index is 2.01. The number of carboxylic acids is 1. The Hall–Kier alpha value is -2.35. The smallest absolute Gasteiger partial charge is 0.313 e. The second kappa shape index (κ2) is 7.28. The molecule has 1 amide bonds. The molecule has 0 radical (unpaired) electrons. The number of carboxylic acid groups (broad SMARTS) is 1. The largest absolute Gasteiger partial charge is 0.481 e. The SMILES string of the molecule is Cc1ccc(NC(=O)Cc2nnc(SCC(=O)O)n2C)c(C)c1. The average molecular weight is 334 g/mol. The molecule has 2 aromatic rings. The zero-order chi connectivity index (χ0) is 17.0. The van der Waals surface area contributed by atoms with E-state index < -0.39 is 5.97 Å². The number of carbonyl (C=O) groups excluding carboxylic acids is 1. The van der Waals surface area contributed by atoms with Crippen LogP contribution in [0.1, 0.15) is 17.0 Å². The molecule has 0 atom stereocenters. The van der Waals surface area contributed by atoms with Gasteiger partial charge in [0.15, 0.2) is 5.16 Å². The van der Waals surface area contributed by atoms with Gasteiger partial charge in [-0.05, 0) is 25.5 Å². The quantitative estimate of drug-likeness (QED) is 0.782. The number of nitrogens with zero attached hydrogens (tertiary/aromatic N) is 3. The lowest BCUT2D eigenvalue weighted by molar-refractivity contribution is -0.133. The third-order valence-corrected chi connectivity index (χ3v) is 4.23. The average Bonchev–Trinajstić information content (AvgIpc) is 2.80. The van der Waals surface area contributed by atoms with Crippen molar-refractivity contribution in [1.29, 1.82) is 0 Å². The topological polar surface area (TPSA) is 97.1 Å². The number of aryl methyl sites for hydroxylation is 2. The van der Waals surface area contributed by atoms with Crippen molar-refractivity contribution in [3.05, 3.63) is 35.2 Å². The number of hydrogen-bond donors (Lipinski definition) is 2. The Kier molecular flexibility index (Phi) is 5.38. The lowest BCUT2D eigenvalue weighted by atomic mass is 10.1. The molecule has 0 fully saturated rings. The molecule has 0 saturated heterocycles. The van der Waals surface area contributed by atoms with Crippen molar-refractivity contribution in [2.24, 2.45) is 7.05 Å². The van der Waals surface area contributed by atoms with Gasteiger partial charge in [0.2, 0.25) is 5.91 Å². The van der Waals surface area contributed by atoms with Gasteiger partial charge >= 0.3 is 5.97 Å². The van der Waals surface area contributed by atoms with E-state index in [1.165, 1.54) is 0 Å². The molecule has 0 aliphatic heterocycles. The molecule has 0 saturated carbocycles. The highest BCUT2D eigenvalue weighted by molar-refractivity contribution is 7.99. The van der Waals surface area contributed by atoms with Crippen LogP contribution >= 0.6 is 11.8 Å². The molecular formula is C15H18N4O3S. The van der Waals surface area contributed by atoms with Gasteiger partial charge in [0.25, 0.3) is 0 Å². The number of carbonyl (C=O) groups is 2. The van der Waals surface area contributed by atoms with Crippen molar-refractivity contribution in [2.75, 3.05) is 11.1 Å². The van der Waals surface area contributed by atoms with Gasteiger partial charge in [-0.25, -0.2) is 0 Å². The number of anilines is 1. The maximum atomic E-state index is 12.2. The molecule has 122 valence electrons. The van der Waals surface area contributed by atoms with Crippen molar-refractivity contribution < 1.29 is 14.7 Å². The molecule has 1 aromatic heterocycles. The minimum Gasteiger partial charge on any atom is -0.481 e. The zero-order valence-electron chi connectivity index (χ0n) is 13.2. The first-order valence-electron chi connectivity index (χ1n) is 6.96. The number of benzene rings is 1. The summed E-state index contributed by atoms with van der Waals surface area (Å²) in [6.45, 7) is 3.93. The van der Waals surface area contributed by atoms with Crippen molar-refractivity contribution in [1.82, 2.24) is 14.8 Å². The summed E-state index contributed by atoms with van der Waals surface area (Å²) < 4.78 is 1.63. The van der Waals surface area contributed by atoms with Crippen molar-refractivity contribution >= 4 is 29.3 Å². The zero-order valence-corrected chi connectivity index (χ0v) is 14.0. The van der Waals surface area contributed by atoms with Crippen LogP contribution in [0.5, 0.6) is 0 Å². The molecule has 0 bridgehead atoms. The minimum absolute atomic E-state index is 0.0739. The van der Waals surface area contributed by atoms with E-state index in [2.05, 4.69) is 15.5 Å². The lowest BCUT2D eigenvalue weighted by Crippen LogP contribution is -2.17. The van der Waals surface area contributed by atoms with Crippen molar-refractivity contribution in [3.63, 3.8) is 0 Å². The van der Waals surface area contributed by atoms with Gasteiger partial charge in [-0.2, -0.15) is 0 Å². The fraction of sp³-hybridized carbons (Fsp3) is 0.333. The summed E-state index contributed by atoms with van der Waals surface area (Å²) in [7, 11) is 1.71. The van der Waals surface area contributed by atoms with Gasteiger partial charge in [0.1, 0.15) is 5.82 Å². The van der Waals surface area contributed by atoms with E-state index in [4.69, 9.17) is 5.11 Å². The molecular weight excluding hydrogens is 316 g/mol. The Bertz CT molecular complexity index is 742. The highest BCUT2D eigenvalue weighted by Crippen LogP contribution is 2.18. The van der Waals surface area contributed by atoms with Crippen LogP contribution in [0.3, 0.4) is 0 Å². The Labute approximate surface area is 138 Å². The van der Waals surface area contributed by atoms with E-state index in [1.54, 1.807) is 11.6 Å². The normalized spacial score (nSPS) is 10.6. The van der Waals surface area contributed by atoms with Crippen LogP contribution in [-0.2, 0) is 23.1 Å². The predicted octanol–water partition coefficient (Wildman–Crippen LogP) is 1.79. The molecule has 8 heteroatoms. The molecule has 0 aliphatic rings. The lowest BCUT2D eigenvalue weighted by Gasteiger charge is -2.09. The Morgan fingerprint density at radius 2 is 2.04 bits per heavy atom.